The van der Waals surface area contributed by atoms with E-state index in [2.05, 4.69) is 218 Å². The van der Waals surface area contributed by atoms with E-state index in [9.17, 15) is 0 Å². The monoisotopic (exact) mass is 836 g/mol. The zero-order valence-corrected chi connectivity index (χ0v) is 35.6. The van der Waals surface area contributed by atoms with Gasteiger partial charge in [-0.15, -0.1) is 0 Å². The van der Waals surface area contributed by atoms with Crippen LogP contribution in [0.2, 0.25) is 0 Å². The Morgan fingerprint density at radius 1 is 0.197 bits per heavy atom. The van der Waals surface area contributed by atoms with Gasteiger partial charge in [-0.05, 0) is 112 Å². The van der Waals surface area contributed by atoms with E-state index in [1.54, 1.807) is 0 Å². The molecule has 0 radical (unpaired) electrons. The third-order valence-corrected chi connectivity index (χ3v) is 13.6. The Balaban J connectivity index is 0.879. The minimum atomic E-state index is 0.695. The molecule has 0 atom stereocenters. The number of aromatic nitrogens is 4. The molecule has 304 valence electrons. The van der Waals surface area contributed by atoms with Gasteiger partial charge < -0.3 is 0 Å². The summed E-state index contributed by atoms with van der Waals surface area (Å²) in [6, 6.07) is 78.1. The van der Waals surface area contributed by atoms with Gasteiger partial charge in [-0.25, -0.2) is 19.9 Å². The molecule has 12 aromatic carbocycles. The van der Waals surface area contributed by atoms with Crippen molar-refractivity contribution in [1.82, 2.24) is 19.9 Å². The van der Waals surface area contributed by atoms with Crippen LogP contribution in [0.5, 0.6) is 0 Å². The third kappa shape index (κ3) is 5.65. The topological polar surface area (TPSA) is 51.6 Å². The molecule has 66 heavy (non-hydrogen) atoms. The molecular weight excluding hydrogens is 801 g/mol. The van der Waals surface area contributed by atoms with Crippen LogP contribution in [0.1, 0.15) is 0 Å². The third-order valence-electron chi connectivity index (χ3n) is 13.6. The van der Waals surface area contributed by atoms with Crippen molar-refractivity contribution < 1.29 is 0 Å². The molecule has 14 aromatic rings. The maximum Gasteiger partial charge on any atom is 0.160 e. The number of fused-ring (bicyclic) bond motifs is 15. The molecule has 2 aromatic heterocycles. The van der Waals surface area contributed by atoms with E-state index in [1.165, 1.54) is 64.6 Å². The number of hydrogen-bond acceptors (Lipinski definition) is 4. The molecular formula is C62H36N4. The maximum atomic E-state index is 5.36. The molecule has 0 aliphatic heterocycles. The molecule has 0 saturated carbocycles. The molecule has 0 saturated heterocycles. The van der Waals surface area contributed by atoms with Crippen molar-refractivity contribution >= 4 is 97.2 Å². The molecule has 0 amide bonds. The second kappa shape index (κ2) is 14.3. The van der Waals surface area contributed by atoms with Crippen LogP contribution in [-0.2, 0) is 0 Å². The Morgan fingerprint density at radius 2 is 0.485 bits per heavy atom. The normalized spacial score (nSPS) is 11.9. The number of para-hydroxylation sites is 2. The summed E-state index contributed by atoms with van der Waals surface area (Å²) in [5.74, 6) is 1.40. The molecule has 0 bridgehead atoms. The Bertz CT molecular complexity index is 4290. The van der Waals surface area contributed by atoms with E-state index in [-0.39, 0.29) is 0 Å². The number of hydrogen-bond donors (Lipinski definition) is 0. The predicted molar refractivity (Wildman–Crippen MR) is 277 cm³/mol. The lowest BCUT2D eigenvalue weighted by Gasteiger charge is -2.14. The van der Waals surface area contributed by atoms with Gasteiger partial charge in [-0.3, -0.25) is 0 Å². The number of benzene rings is 12. The second-order valence-electron chi connectivity index (χ2n) is 17.3. The highest BCUT2D eigenvalue weighted by molar-refractivity contribution is 6.27. The van der Waals surface area contributed by atoms with Crippen molar-refractivity contribution in [2.24, 2.45) is 0 Å². The summed E-state index contributed by atoms with van der Waals surface area (Å²) in [4.78, 5) is 21.0. The number of nitrogens with zero attached hydrogens (tertiary/aromatic N) is 4. The van der Waals surface area contributed by atoms with Crippen LogP contribution < -0.4 is 0 Å². The smallest absolute Gasteiger partial charge is 0.160 e. The van der Waals surface area contributed by atoms with Gasteiger partial charge in [0.15, 0.2) is 11.6 Å². The van der Waals surface area contributed by atoms with Crippen LogP contribution in [-0.4, -0.2) is 19.9 Å². The molecule has 4 nitrogen and oxygen atoms in total. The minimum Gasteiger partial charge on any atom is -0.228 e. The minimum absolute atomic E-state index is 0.695. The Labute approximate surface area is 379 Å². The van der Waals surface area contributed by atoms with Gasteiger partial charge in [0.25, 0.3) is 0 Å². The Hall–Kier alpha value is -8.86. The van der Waals surface area contributed by atoms with Gasteiger partial charge in [0.05, 0.1) is 22.4 Å². The van der Waals surface area contributed by atoms with Crippen molar-refractivity contribution in [2.45, 2.75) is 0 Å². The SMILES string of the molecule is c1ccc2c(-c3ccc4cc(-c5nc(-c6ccc7c8ccccc8c8ccccc8c7c6)c6ccccc6n5)ccc4c3)nc(-c3ccc4c5ccccc5c5ccccc5c4c3)nc2c1. The van der Waals surface area contributed by atoms with Gasteiger partial charge >= 0.3 is 0 Å². The molecule has 14 rings (SSSR count). The van der Waals surface area contributed by atoms with Gasteiger partial charge in [-0.2, -0.15) is 0 Å². The quantitative estimate of drug-likeness (QED) is 0.166. The van der Waals surface area contributed by atoms with Crippen LogP contribution in [0.3, 0.4) is 0 Å². The molecule has 0 fully saturated rings. The number of rotatable bonds is 4. The van der Waals surface area contributed by atoms with E-state index in [1.807, 2.05) is 0 Å². The standard InChI is InChI=1S/C62H36N4/c1-3-17-47-43(13-1)45-15-5-7-19-49(45)55-35-40(29-31-51(47)55)60-54-22-10-12-24-58(54)63-61(66-60)41-28-26-37-33-39(27-25-38(37)34-41)59-53-21-9-11-23-57(53)64-62(65-59)42-30-32-52-48-18-4-2-14-44(48)46-16-6-8-20-50(46)56(52)36-42/h1-36H. The van der Waals surface area contributed by atoms with Gasteiger partial charge in [0.1, 0.15) is 0 Å². The lowest BCUT2D eigenvalue weighted by atomic mass is 9.92. The lowest BCUT2D eigenvalue weighted by molar-refractivity contribution is 1.23. The molecule has 4 heteroatoms. The highest BCUT2D eigenvalue weighted by Crippen LogP contribution is 2.41. The summed E-state index contributed by atoms with van der Waals surface area (Å²) in [6.07, 6.45) is 0. The Kier molecular flexibility index (Phi) is 7.95. The maximum absolute atomic E-state index is 5.36. The fourth-order valence-electron chi connectivity index (χ4n) is 10.5. The van der Waals surface area contributed by atoms with Crippen molar-refractivity contribution in [3.63, 3.8) is 0 Å². The van der Waals surface area contributed by atoms with E-state index in [0.717, 1.165) is 66.2 Å². The Morgan fingerprint density at radius 3 is 0.939 bits per heavy atom. The average molecular weight is 837 g/mol. The fraction of sp³-hybridized carbons (Fsp3) is 0. The fourth-order valence-corrected chi connectivity index (χ4v) is 10.5. The molecule has 0 aliphatic rings. The second-order valence-corrected chi connectivity index (χ2v) is 17.3. The van der Waals surface area contributed by atoms with E-state index >= 15 is 0 Å². The van der Waals surface area contributed by atoms with Crippen LogP contribution >= 0.6 is 0 Å². The zero-order valence-electron chi connectivity index (χ0n) is 35.6. The molecule has 0 N–H and O–H groups in total. The van der Waals surface area contributed by atoms with Crippen LogP contribution in [0.25, 0.3) is 143 Å². The van der Waals surface area contributed by atoms with Crippen LogP contribution in [0, 0.1) is 0 Å². The first kappa shape index (κ1) is 36.6. The van der Waals surface area contributed by atoms with Crippen molar-refractivity contribution in [2.75, 3.05) is 0 Å². The molecule has 0 spiro atoms. The summed E-state index contributed by atoms with van der Waals surface area (Å²) >= 11 is 0. The van der Waals surface area contributed by atoms with Gasteiger partial charge in [0.2, 0.25) is 0 Å². The highest BCUT2D eigenvalue weighted by atomic mass is 14.9. The van der Waals surface area contributed by atoms with Crippen LogP contribution in [0.4, 0.5) is 0 Å². The summed E-state index contributed by atoms with van der Waals surface area (Å²) in [7, 11) is 0. The average Bonchev–Trinajstić information content (AvgIpc) is 3.39. The highest BCUT2D eigenvalue weighted by Gasteiger charge is 2.17. The summed E-state index contributed by atoms with van der Waals surface area (Å²) in [6.45, 7) is 0. The lowest BCUT2D eigenvalue weighted by Crippen LogP contribution is -1.96. The predicted octanol–water partition coefficient (Wildman–Crippen LogP) is 16.3. The summed E-state index contributed by atoms with van der Waals surface area (Å²) < 4.78 is 0. The van der Waals surface area contributed by atoms with Crippen molar-refractivity contribution in [1.29, 1.82) is 0 Å². The van der Waals surface area contributed by atoms with E-state index in [0.29, 0.717) is 11.6 Å². The van der Waals surface area contributed by atoms with Gasteiger partial charge in [0, 0.05) is 33.0 Å². The van der Waals surface area contributed by atoms with Crippen LogP contribution in [0.15, 0.2) is 218 Å². The molecule has 0 aliphatic carbocycles. The first-order valence-electron chi connectivity index (χ1n) is 22.5. The largest absolute Gasteiger partial charge is 0.228 e. The first-order chi connectivity index (χ1) is 32.7. The summed E-state index contributed by atoms with van der Waals surface area (Å²) in [5, 5.41) is 19.1. The van der Waals surface area contributed by atoms with Gasteiger partial charge in [-0.1, -0.05) is 182 Å². The van der Waals surface area contributed by atoms with Crippen molar-refractivity contribution in [3.8, 4) is 45.3 Å². The van der Waals surface area contributed by atoms with E-state index < -0.39 is 0 Å². The molecule has 2 heterocycles. The molecule has 0 unspecified atom stereocenters. The van der Waals surface area contributed by atoms with E-state index in [4.69, 9.17) is 19.9 Å². The van der Waals surface area contributed by atoms with Crippen molar-refractivity contribution in [3.05, 3.63) is 218 Å². The summed E-state index contributed by atoms with van der Waals surface area (Å²) in [5.41, 5.74) is 7.70. The first-order valence-corrected chi connectivity index (χ1v) is 22.5. The zero-order chi connectivity index (χ0) is 43.3.